The third kappa shape index (κ3) is 5.05. The SMILES string of the molecule is CC(=O)OCC=C1CCCCCCC1. The summed E-state index contributed by atoms with van der Waals surface area (Å²) >= 11 is 0. The quantitative estimate of drug-likeness (QED) is 0.500. The van der Waals surface area contributed by atoms with Gasteiger partial charge in [0.25, 0.3) is 0 Å². The third-order valence-corrected chi connectivity index (χ3v) is 2.65. The van der Waals surface area contributed by atoms with E-state index < -0.39 is 0 Å². The Balaban J connectivity index is 2.27. The van der Waals surface area contributed by atoms with Crippen molar-refractivity contribution >= 4 is 5.97 Å². The van der Waals surface area contributed by atoms with Crippen LogP contribution in [0.3, 0.4) is 0 Å². The standard InChI is InChI=1S/C12H20O2/c1-11(13)14-10-9-12-7-5-3-2-4-6-8-12/h9H,2-8,10H2,1H3. The van der Waals surface area contributed by atoms with Gasteiger partial charge in [-0.3, -0.25) is 4.79 Å². The van der Waals surface area contributed by atoms with Crippen molar-refractivity contribution in [1.82, 2.24) is 0 Å². The molecule has 0 heterocycles. The summed E-state index contributed by atoms with van der Waals surface area (Å²) in [6.07, 6.45) is 11.2. The van der Waals surface area contributed by atoms with Crippen LogP contribution in [0.5, 0.6) is 0 Å². The monoisotopic (exact) mass is 196 g/mol. The number of carbonyl (C=O) groups is 1. The molecule has 0 bridgehead atoms. The van der Waals surface area contributed by atoms with E-state index in [0.717, 1.165) is 0 Å². The molecule has 1 saturated carbocycles. The molecule has 0 aromatic rings. The van der Waals surface area contributed by atoms with Crippen molar-refractivity contribution in [3.05, 3.63) is 11.6 Å². The van der Waals surface area contributed by atoms with Crippen LogP contribution in [0.15, 0.2) is 11.6 Å². The fourth-order valence-electron chi connectivity index (χ4n) is 1.84. The zero-order valence-corrected chi connectivity index (χ0v) is 9.05. The van der Waals surface area contributed by atoms with Crippen LogP contribution in [0.4, 0.5) is 0 Å². The molecule has 1 fully saturated rings. The fraction of sp³-hybridized carbons (Fsp3) is 0.750. The molecule has 80 valence electrons. The number of hydrogen-bond donors (Lipinski definition) is 0. The zero-order chi connectivity index (χ0) is 10.2. The van der Waals surface area contributed by atoms with E-state index in [4.69, 9.17) is 4.74 Å². The van der Waals surface area contributed by atoms with Crippen LogP contribution in [-0.4, -0.2) is 12.6 Å². The Morgan fingerprint density at radius 1 is 1.21 bits per heavy atom. The molecule has 1 aliphatic carbocycles. The third-order valence-electron chi connectivity index (χ3n) is 2.65. The molecule has 0 aliphatic heterocycles. The number of carbonyl (C=O) groups excluding carboxylic acids is 1. The molecule has 1 aliphatic rings. The van der Waals surface area contributed by atoms with Crippen LogP contribution in [0.25, 0.3) is 0 Å². The molecule has 0 spiro atoms. The van der Waals surface area contributed by atoms with Crippen molar-refractivity contribution in [3.8, 4) is 0 Å². The molecule has 0 atom stereocenters. The molecule has 0 unspecified atom stereocenters. The predicted octanol–water partition coefficient (Wildman–Crippen LogP) is 3.22. The molecule has 14 heavy (non-hydrogen) atoms. The Hall–Kier alpha value is -0.790. The van der Waals surface area contributed by atoms with Crippen LogP contribution < -0.4 is 0 Å². The van der Waals surface area contributed by atoms with E-state index in [0.29, 0.717) is 6.61 Å². The minimum atomic E-state index is -0.187. The van der Waals surface area contributed by atoms with Gasteiger partial charge in [-0.15, -0.1) is 0 Å². The van der Waals surface area contributed by atoms with Crippen LogP contribution in [0.1, 0.15) is 51.9 Å². The molecular formula is C12H20O2. The lowest BCUT2D eigenvalue weighted by atomic mass is 9.96. The highest BCUT2D eigenvalue weighted by Gasteiger charge is 2.02. The van der Waals surface area contributed by atoms with Crippen LogP contribution >= 0.6 is 0 Å². The lowest BCUT2D eigenvalue weighted by molar-refractivity contribution is -0.139. The highest BCUT2D eigenvalue weighted by molar-refractivity contribution is 5.66. The first-order valence-corrected chi connectivity index (χ1v) is 5.60. The molecule has 2 heteroatoms. The van der Waals surface area contributed by atoms with E-state index in [-0.39, 0.29) is 5.97 Å². The second-order valence-corrected chi connectivity index (χ2v) is 3.93. The van der Waals surface area contributed by atoms with Crippen molar-refractivity contribution in [2.24, 2.45) is 0 Å². The van der Waals surface area contributed by atoms with Crippen LogP contribution in [0, 0.1) is 0 Å². The summed E-state index contributed by atoms with van der Waals surface area (Å²) in [7, 11) is 0. The van der Waals surface area contributed by atoms with E-state index in [1.807, 2.05) is 0 Å². The van der Waals surface area contributed by atoms with Gasteiger partial charge in [0, 0.05) is 6.92 Å². The Bertz CT molecular complexity index is 196. The highest BCUT2D eigenvalue weighted by atomic mass is 16.5. The molecule has 0 saturated heterocycles. The summed E-state index contributed by atoms with van der Waals surface area (Å²) in [5, 5.41) is 0. The van der Waals surface area contributed by atoms with Gasteiger partial charge in [-0.05, 0) is 31.8 Å². The van der Waals surface area contributed by atoms with Gasteiger partial charge in [0.05, 0.1) is 0 Å². The van der Waals surface area contributed by atoms with Gasteiger partial charge < -0.3 is 4.74 Å². The summed E-state index contributed by atoms with van der Waals surface area (Å²) in [5.41, 5.74) is 1.48. The van der Waals surface area contributed by atoms with E-state index in [1.165, 1.54) is 57.4 Å². The maximum absolute atomic E-state index is 10.6. The lowest BCUT2D eigenvalue weighted by Gasteiger charge is -2.11. The van der Waals surface area contributed by atoms with Gasteiger partial charge in [-0.1, -0.05) is 24.8 Å². The number of rotatable bonds is 2. The van der Waals surface area contributed by atoms with Gasteiger partial charge >= 0.3 is 5.97 Å². The molecule has 2 nitrogen and oxygen atoms in total. The summed E-state index contributed by atoms with van der Waals surface area (Å²) in [5.74, 6) is -0.187. The number of hydrogen-bond acceptors (Lipinski definition) is 2. The Kier molecular flexibility index (Phi) is 5.35. The smallest absolute Gasteiger partial charge is 0.302 e. The molecule has 0 N–H and O–H groups in total. The molecule has 0 aromatic carbocycles. The largest absolute Gasteiger partial charge is 0.462 e. The number of ether oxygens (including phenoxy) is 1. The first-order valence-electron chi connectivity index (χ1n) is 5.60. The minimum absolute atomic E-state index is 0.187. The van der Waals surface area contributed by atoms with Gasteiger partial charge in [0.1, 0.15) is 6.61 Å². The van der Waals surface area contributed by atoms with Gasteiger partial charge in [0.15, 0.2) is 0 Å². The Labute approximate surface area is 86.3 Å². The van der Waals surface area contributed by atoms with Crippen molar-refractivity contribution < 1.29 is 9.53 Å². The average molecular weight is 196 g/mol. The van der Waals surface area contributed by atoms with E-state index >= 15 is 0 Å². The van der Waals surface area contributed by atoms with Gasteiger partial charge in [-0.2, -0.15) is 0 Å². The maximum Gasteiger partial charge on any atom is 0.302 e. The highest BCUT2D eigenvalue weighted by Crippen LogP contribution is 2.21. The lowest BCUT2D eigenvalue weighted by Crippen LogP contribution is -2.00. The van der Waals surface area contributed by atoms with Gasteiger partial charge in [0.2, 0.25) is 0 Å². The van der Waals surface area contributed by atoms with Crippen molar-refractivity contribution in [3.63, 3.8) is 0 Å². The van der Waals surface area contributed by atoms with Crippen molar-refractivity contribution in [2.45, 2.75) is 51.9 Å². The molecule has 1 rings (SSSR count). The second-order valence-electron chi connectivity index (χ2n) is 3.93. The van der Waals surface area contributed by atoms with Gasteiger partial charge in [-0.25, -0.2) is 0 Å². The van der Waals surface area contributed by atoms with Crippen LogP contribution in [-0.2, 0) is 9.53 Å². The molecular weight excluding hydrogens is 176 g/mol. The van der Waals surface area contributed by atoms with Crippen molar-refractivity contribution in [1.29, 1.82) is 0 Å². The Morgan fingerprint density at radius 3 is 2.36 bits per heavy atom. The predicted molar refractivity (Wildman–Crippen MR) is 57.0 cm³/mol. The summed E-state index contributed by atoms with van der Waals surface area (Å²) in [6.45, 7) is 1.92. The topological polar surface area (TPSA) is 26.3 Å². The minimum Gasteiger partial charge on any atom is -0.462 e. The second kappa shape index (κ2) is 6.63. The molecule has 0 amide bonds. The fourth-order valence-corrected chi connectivity index (χ4v) is 1.84. The maximum atomic E-state index is 10.6. The molecule has 0 aromatic heterocycles. The first kappa shape index (κ1) is 11.3. The normalized spacial score (nSPS) is 18.2. The van der Waals surface area contributed by atoms with E-state index in [9.17, 15) is 4.79 Å². The molecule has 0 radical (unpaired) electrons. The van der Waals surface area contributed by atoms with E-state index in [2.05, 4.69) is 6.08 Å². The number of allylic oxidation sites excluding steroid dienone is 1. The first-order chi connectivity index (χ1) is 6.79. The summed E-state index contributed by atoms with van der Waals surface area (Å²) < 4.78 is 4.90. The zero-order valence-electron chi connectivity index (χ0n) is 9.05. The number of esters is 1. The average Bonchev–Trinajstić information content (AvgIpc) is 2.07. The van der Waals surface area contributed by atoms with E-state index in [1.54, 1.807) is 0 Å². The Morgan fingerprint density at radius 2 is 1.79 bits per heavy atom. The summed E-state index contributed by atoms with van der Waals surface area (Å²) in [6, 6.07) is 0. The van der Waals surface area contributed by atoms with Crippen molar-refractivity contribution in [2.75, 3.05) is 6.61 Å². The van der Waals surface area contributed by atoms with Crippen LogP contribution in [0.2, 0.25) is 0 Å². The summed E-state index contributed by atoms with van der Waals surface area (Å²) in [4.78, 5) is 10.6.